The van der Waals surface area contributed by atoms with Gasteiger partial charge in [0, 0.05) is 31.2 Å². The molecule has 1 fully saturated rings. The van der Waals surface area contributed by atoms with Crippen LogP contribution < -0.4 is 4.74 Å². The second kappa shape index (κ2) is 9.94. The zero-order valence-corrected chi connectivity index (χ0v) is 19.2. The number of ether oxygens (including phenoxy) is 2. The summed E-state index contributed by atoms with van der Waals surface area (Å²) in [5.74, 6) is 0.583. The molecule has 0 bridgehead atoms. The average molecular weight is 441 g/mol. The van der Waals surface area contributed by atoms with Gasteiger partial charge in [0.25, 0.3) is 0 Å². The van der Waals surface area contributed by atoms with Gasteiger partial charge in [0.1, 0.15) is 23.7 Å². The van der Waals surface area contributed by atoms with Crippen molar-refractivity contribution < 1.29 is 24.2 Å². The summed E-state index contributed by atoms with van der Waals surface area (Å²) in [5, 5.41) is 9.94. The highest BCUT2D eigenvalue weighted by Gasteiger charge is 2.32. The van der Waals surface area contributed by atoms with Crippen LogP contribution in [0.25, 0.3) is 0 Å². The lowest BCUT2D eigenvalue weighted by Gasteiger charge is -2.40. The molecule has 2 amide bonds. The van der Waals surface area contributed by atoms with Crippen molar-refractivity contribution in [2.75, 3.05) is 19.6 Å². The molecular weight excluding hydrogens is 408 g/mol. The molecule has 0 aliphatic carbocycles. The Morgan fingerprint density at radius 3 is 2.47 bits per heavy atom. The molecule has 1 atom stereocenters. The number of aromatic hydroxyl groups is 1. The number of carbonyl (C=O) groups is 2. The first-order valence-corrected chi connectivity index (χ1v) is 10.9. The summed E-state index contributed by atoms with van der Waals surface area (Å²) in [6.07, 6.45) is -0.251. The molecule has 1 N–H and O–H groups in total. The Hall–Kier alpha value is -3.22. The number of carbonyl (C=O) groups excluding carboxylic acids is 2. The molecule has 1 saturated heterocycles. The number of nitrogens with zero attached hydrogens (tertiary/aromatic N) is 2. The number of piperazine rings is 1. The van der Waals surface area contributed by atoms with Gasteiger partial charge < -0.3 is 24.4 Å². The van der Waals surface area contributed by atoms with Crippen molar-refractivity contribution in [2.45, 2.75) is 52.4 Å². The number of benzene rings is 2. The first-order valence-electron chi connectivity index (χ1n) is 10.9. The summed E-state index contributed by atoms with van der Waals surface area (Å²) in [5.41, 5.74) is 1.09. The molecule has 0 spiro atoms. The Labute approximate surface area is 189 Å². The molecule has 172 valence electrons. The van der Waals surface area contributed by atoms with E-state index in [2.05, 4.69) is 0 Å². The largest absolute Gasteiger partial charge is 0.508 e. The van der Waals surface area contributed by atoms with Gasteiger partial charge in [0.15, 0.2) is 0 Å². The monoisotopic (exact) mass is 440 g/mol. The minimum atomic E-state index is -0.560. The van der Waals surface area contributed by atoms with Crippen LogP contribution in [0, 0.1) is 0 Å². The van der Waals surface area contributed by atoms with Crippen LogP contribution in [0.4, 0.5) is 4.79 Å². The molecular formula is C25H32N2O5. The summed E-state index contributed by atoms with van der Waals surface area (Å²) < 4.78 is 11.4. The maximum atomic E-state index is 13.0. The molecule has 0 aromatic heterocycles. The molecule has 2 aromatic rings. The van der Waals surface area contributed by atoms with E-state index < -0.39 is 5.60 Å². The quantitative estimate of drug-likeness (QED) is 0.761. The molecule has 32 heavy (non-hydrogen) atoms. The van der Waals surface area contributed by atoms with Gasteiger partial charge in [0.2, 0.25) is 5.91 Å². The highest BCUT2D eigenvalue weighted by atomic mass is 16.6. The second-order valence-electron chi connectivity index (χ2n) is 9.11. The van der Waals surface area contributed by atoms with E-state index in [9.17, 15) is 14.7 Å². The summed E-state index contributed by atoms with van der Waals surface area (Å²) in [4.78, 5) is 28.8. The van der Waals surface area contributed by atoms with Crippen molar-refractivity contribution in [3.8, 4) is 11.5 Å². The minimum Gasteiger partial charge on any atom is -0.508 e. The van der Waals surface area contributed by atoms with Gasteiger partial charge in [-0.1, -0.05) is 30.3 Å². The summed E-state index contributed by atoms with van der Waals surface area (Å²) in [7, 11) is 0. The maximum absolute atomic E-state index is 13.0. The number of rotatable bonds is 5. The van der Waals surface area contributed by atoms with Crippen molar-refractivity contribution >= 4 is 12.0 Å². The van der Waals surface area contributed by atoms with Crippen molar-refractivity contribution in [3.05, 3.63) is 59.7 Å². The fourth-order valence-electron chi connectivity index (χ4n) is 3.63. The number of hydrogen-bond acceptors (Lipinski definition) is 5. The number of phenols is 1. The predicted octanol–water partition coefficient (Wildman–Crippen LogP) is 3.98. The van der Waals surface area contributed by atoms with Gasteiger partial charge >= 0.3 is 6.09 Å². The van der Waals surface area contributed by atoms with Crippen molar-refractivity contribution in [1.29, 1.82) is 0 Å². The molecule has 1 heterocycles. The van der Waals surface area contributed by atoms with Crippen LogP contribution in [0.5, 0.6) is 11.5 Å². The topological polar surface area (TPSA) is 79.3 Å². The lowest BCUT2D eigenvalue weighted by molar-refractivity contribution is -0.133. The number of hydrogen-bond donors (Lipinski definition) is 1. The lowest BCUT2D eigenvalue weighted by Crippen LogP contribution is -2.56. The smallest absolute Gasteiger partial charge is 0.410 e. The average Bonchev–Trinajstić information content (AvgIpc) is 2.72. The molecule has 0 saturated carbocycles. The van der Waals surface area contributed by atoms with E-state index in [1.165, 1.54) is 0 Å². The van der Waals surface area contributed by atoms with Crippen LogP contribution in [0.2, 0.25) is 0 Å². The van der Waals surface area contributed by atoms with Crippen molar-refractivity contribution in [2.24, 2.45) is 0 Å². The van der Waals surface area contributed by atoms with E-state index in [0.29, 0.717) is 37.6 Å². The molecule has 1 aliphatic heterocycles. The van der Waals surface area contributed by atoms with E-state index in [4.69, 9.17) is 9.47 Å². The van der Waals surface area contributed by atoms with Gasteiger partial charge in [-0.15, -0.1) is 0 Å². The molecule has 1 aliphatic rings. The van der Waals surface area contributed by atoms with Gasteiger partial charge in [-0.2, -0.15) is 0 Å². The van der Waals surface area contributed by atoms with Crippen LogP contribution in [0.3, 0.4) is 0 Å². The number of amides is 2. The van der Waals surface area contributed by atoms with Crippen LogP contribution in [-0.4, -0.2) is 58.2 Å². The van der Waals surface area contributed by atoms with Gasteiger partial charge in [-0.05, 0) is 51.5 Å². The summed E-state index contributed by atoms with van der Waals surface area (Å²) in [6, 6.07) is 14.4. The van der Waals surface area contributed by atoms with E-state index >= 15 is 0 Å². The highest BCUT2D eigenvalue weighted by molar-refractivity contribution is 5.80. The fourth-order valence-corrected chi connectivity index (χ4v) is 3.63. The zero-order valence-electron chi connectivity index (χ0n) is 19.2. The van der Waals surface area contributed by atoms with Crippen molar-refractivity contribution in [1.82, 2.24) is 9.80 Å². The third-order valence-corrected chi connectivity index (χ3v) is 5.23. The van der Waals surface area contributed by atoms with E-state index in [1.807, 2.05) is 58.0 Å². The lowest BCUT2D eigenvalue weighted by atomic mass is 10.1. The first kappa shape index (κ1) is 23.4. The standard InChI is InChI=1S/C25H32N2O5/c1-18-16-26(12-13-27(18)24(30)32-25(2,3)4)23(29)15-20-14-21(28)10-11-22(20)31-17-19-8-6-5-7-9-19/h5-11,14,18,28H,12-13,15-17H2,1-4H3/t18-/m0/s1. The van der Waals surface area contributed by atoms with Gasteiger partial charge in [-0.3, -0.25) is 4.79 Å². The zero-order chi connectivity index (χ0) is 23.3. The Bertz CT molecular complexity index is 939. The van der Waals surface area contributed by atoms with Gasteiger partial charge in [0.05, 0.1) is 6.42 Å². The third kappa shape index (κ3) is 6.39. The molecule has 3 rings (SSSR count). The predicted molar refractivity (Wildman–Crippen MR) is 122 cm³/mol. The van der Waals surface area contributed by atoms with Crippen molar-refractivity contribution in [3.63, 3.8) is 0 Å². The van der Waals surface area contributed by atoms with E-state index in [0.717, 1.165) is 5.56 Å². The van der Waals surface area contributed by atoms with Gasteiger partial charge in [-0.25, -0.2) is 4.79 Å². The van der Waals surface area contributed by atoms with Crippen LogP contribution in [-0.2, 0) is 22.6 Å². The normalized spacial score (nSPS) is 16.6. The SMILES string of the molecule is C[C@H]1CN(C(=O)Cc2cc(O)ccc2OCc2ccccc2)CCN1C(=O)OC(C)(C)C. The summed E-state index contributed by atoms with van der Waals surface area (Å²) in [6.45, 7) is 9.06. The van der Waals surface area contributed by atoms with Crippen LogP contribution in [0.1, 0.15) is 38.8 Å². The summed E-state index contributed by atoms with van der Waals surface area (Å²) >= 11 is 0. The Morgan fingerprint density at radius 2 is 1.81 bits per heavy atom. The highest BCUT2D eigenvalue weighted by Crippen LogP contribution is 2.26. The van der Waals surface area contributed by atoms with E-state index in [1.54, 1.807) is 28.0 Å². The molecule has 0 radical (unpaired) electrons. The van der Waals surface area contributed by atoms with Crippen LogP contribution >= 0.6 is 0 Å². The van der Waals surface area contributed by atoms with E-state index in [-0.39, 0.29) is 30.2 Å². The first-order chi connectivity index (χ1) is 15.1. The fraction of sp³-hybridized carbons (Fsp3) is 0.440. The molecule has 7 nitrogen and oxygen atoms in total. The second-order valence-corrected chi connectivity index (χ2v) is 9.11. The Kier molecular flexibility index (Phi) is 7.28. The Balaban J connectivity index is 1.62. The Morgan fingerprint density at radius 1 is 1.09 bits per heavy atom. The van der Waals surface area contributed by atoms with Crippen LogP contribution in [0.15, 0.2) is 48.5 Å². The third-order valence-electron chi connectivity index (χ3n) is 5.23. The molecule has 0 unspecified atom stereocenters. The number of phenolic OH excluding ortho intramolecular Hbond substituents is 1. The molecule has 2 aromatic carbocycles. The molecule has 7 heteroatoms. The minimum absolute atomic E-state index is 0.0733. The maximum Gasteiger partial charge on any atom is 0.410 e.